The smallest absolute Gasteiger partial charge is 0.165 e. The van der Waals surface area contributed by atoms with Crippen molar-refractivity contribution in [1.29, 1.82) is 0 Å². The highest BCUT2D eigenvalue weighted by Crippen LogP contribution is 2.19. The van der Waals surface area contributed by atoms with Gasteiger partial charge in [-0.25, -0.2) is 4.68 Å². The van der Waals surface area contributed by atoms with Gasteiger partial charge in [0, 0.05) is 0 Å². The van der Waals surface area contributed by atoms with E-state index in [-0.39, 0.29) is 0 Å². The molecule has 0 radical (unpaired) electrons. The summed E-state index contributed by atoms with van der Waals surface area (Å²) in [5, 5.41) is 17.4. The summed E-state index contributed by atoms with van der Waals surface area (Å²) in [5.41, 5.74) is 1.22. The van der Waals surface area contributed by atoms with Gasteiger partial charge in [-0.2, -0.15) is 0 Å². The summed E-state index contributed by atoms with van der Waals surface area (Å²) in [6.07, 6.45) is 0. The standard InChI is InChI=1S/C14H15N5/c1-15-9-14-16-17-18-19(14)10-12-7-4-6-11-5-2-3-8-13(11)12/h2-8,15H,9-10H2,1H3. The molecule has 0 atom stereocenters. The third-order valence-electron chi connectivity index (χ3n) is 3.14. The highest BCUT2D eigenvalue weighted by atomic mass is 15.5. The van der Waals surface area contributed by atoms with Crippen LogP contribution in [0, 0.1) is 0 Å². The number of benzene rings is 2. The molecule has 0 saturated carbocycles. The Morgan fingerprint density at radius 1 is 1.11 bits per heavy atom. The maximum atomic E-state index is 4.05. The second kappa shape index (κ2) is 5.16. The Bertz CT molecular complexity index is 684. The van der Waals surface area contributed by atoms with Gasteiger partial charge < -0.3 is 5.32 Å². The zero-order valence-corrected chi connectivity index (χ0v) is 10.7. The predicted molar refractivity (Wildman–Crippen MR) is 73.6 cm³/mol. The average molecular weight is 253 g/mol. The van der Waals surface area contributed by atoms with E-state index < -0.39 is 0 Å². The van der Waals surface area contributed by atoms with Crippen LogP contribution in [0.1, 0.15) is 11.4 Å². The van der Waals surface area contributed by atoms with E-state index in [1.165, 1.54) is 16.3 Å². The molecular formula is C14H15N5. The summed E-state index contributed by atoms with van der Waals surface area (Å²) in [5.74, 6) is 0.843. The number of hydrogen-bond donors (Lipinski definition) is 1. The minimum absolute atomic E-state index is 0.664. The molecule has 0 aliphatic heterocycles. The third-order valence-corrected chi connectivity index (χ3v) is 3.14. The van der Waals surface area contributed by atoms with Crippen molar-refractivity contribution in [2.45, 2.75) is 13.1 Å². The zero-order chi connectivity index (χ0) is 13.1. The van der Waals surface area contributed by atoms with Crippen molar-refractivity contribution in [3.05, 3.63) is 53.9 Å². The Morgan fingerprint density at radius 3 is 2.84 bits per heavy atom. The SMILES string of the molecule is CNCc1nnnn1Cc1cccc2ccccc12. The van der Waals surface area contributed by atoms with Crippen LogP contribution in [-0.2, 0) is 13.1 Å². The number of nitrogens with one attached hydrogen (secondary N) is 1. The maximum Gasteiger partial charge on any atom is 0.165 e. The Morgan fingerprint density at radius 2 is 1.95 bits per heavy atom. The highest BCUT2D eigenvalue weighted by Gasteiger charge is 2.07. The van der Waals surface area contributed by atoms with Gasteiger partial charge in [-0.05, 0) is 33.8 Å². The van der Waals surface area contributed by atoms with E-state index in [0.717, 1.165) is 5.82 Å². The number of aromatic nitrogens is 4. The molecular weight excluding hydrogens is 238 g/mol. The molecule has 0 bridgehead atoms. The van der Waals surface area contributed by atoms with E-state index >= 15 is 0 Å². The predicted octanol–water partition coefficient (Wildman–Crippen LogP) is 1.59. The quantitative estimate of drug-likeness (QED) is 0.767. The van der Waals surface area contributed by atoms with Crippen LogP contribution < -0.4 is 5.32 Å². The van der Waals surface area contributed by atoms with E-state index in [9.17, 15) is 0 Å². The van der Waals surface area contributed by atoms with Gasteiger partial charge in [0.2, 0.25) is 0 Å². The van der Waals surface area contributed by atoms with E-state index in [0.29, 0.717) is 13.1 Å². The molecule has 5 heteroatoms. The molecule has 0 amide bonds. The van der Waals surface area contributed by atoms with Gasteiger partial charge in [-0.3, -0.25) is 0 Å². The monoisotopic (exact) mass is 253 g/mol. The van der Waals surface area contributed by atoms with Crippen molar-refractivity contribution in [3.63, 3.8) is 0 Å². The van der Waals surface area contributed by atoms with Gasteiger partial charge in [0.25, 0.3) is 0 Å². The third kappa shape index (κ3) is 2.32. The molecule has 3 rings (SSSR count). The molecule has 0 saturated heterocycles. The molecule has 1 N–H and O–H groups in total. The first-order chi connectivity index (χ1) is 9.38. The molecule has 3 aromatic rings. The van der Waals surface area contributed by atoms with Crippen LogP contribution in [0.25, 0.3) is 10.8 Å². The van der Waals surface area contributed by atoms with Crippen LogP contribution in [0.5, 0.6) is 0 Å². The van der Waals surface area contributed by atoms with Crippen molar-refractivity contribution in [2.75, 3.05) is 7.05 Å². The molecule has 0 unspecified atom stereocenters. The average Bonchev–Trinajstić information content (AvgIpc) is 2.87. The minimum atomic E-state index is 0.664. The number of nitrogens with zero attached hydrogens (tertiary/aromatic N) is 4. The molecule has 0 aliphatic rings. The van der Waals surface area contributed by atoms with Gasteiger partial charge in [-0.15, -0.1) is 5.10 Å². The van der Waals surface area contributed by atoms with Crippen molar-refractivity contribution >= 4 is 10.8 Å². The van der Waals surface area contributed by atoms with Crippen LogP contribution in [0.15, 0.2) is 42.5 Å². The van der Waals surface area contributed by atoms with E-state index in [4.69, 9.17) is 0 Å². The number of tetrazole rings is 1. The van der Waals surface area contributed by atoms with Crippen LogP contribution >= 0.6 is 0 Å². The van der Waals surface area contributed by atoms with Gasteiger partial charge in [-0.1, -0.05) is 42.5 Å². The molecule has 1 aromatic heterocycles. The highest BCUT2D eigenvalue weighted by molar-refractivity contribution is 5.85. The lowest BCUT2D eigenvalue weighted by molar-refractivity contribution is 0.603. The normalized spacial score (nSPS) is 11.0. The van der Waals surface area contributed by atoms with Crippen LogP contribution in [0.3, 0.4) is 0 Å². The van der Waals surface area contributed by atoms with Gasteiger partial charge >= 0.3 is 0 Å². The first-order valence-corrected chi connectivity index (χ1v) is 6.25. The first-order valence-electron chi connectivity index (χ1n) is 6.25. The fraction of sp³-hybridized carbons (Fsp3) is 0.214. The largest absolute Gasteiger partial charge is 0.313 e. The van der Waals surface area contributed by atoms with Crippen molar-refractivity contribution < 1.29 is 0 Å². The van der Waals surface area contributed by atoms with Crippen molar-refractivity contribution in [3.8, 4) is 0 Å². The Kier molecular flexibility index (Phi) is 3.20. The summed E-state index contributed by atoms with van der Waals surface area (Å²) in [6.45, 7) is 1.35. The fourth-order valence-electron chi connectivity index (χ4n) is 2.22. The van der Waals surface area contributed by atoms with Crippen LogP contribution in [-0.4, -0.2) is 27.3 Å². The number of fused-ring (bicyclic) bond motifs is 1. The Balaban J connectivity index is 1.99. The molecule has 0 spiro atoms. The lowest BCUT2D eigenvalue weighted by Crippen LogP contribution is -2.14. The fourth-order valence-corrected chi connectivity index (χ4v) is 2.22. The molecule has 2 aromatic carbocycles. The van der Waals surface area contributed by atoms with Crippen molar-refractivity contribution in [2.24, 2.45) is 0 Å². The molecule has 19 heavy (non-hydrogen) atoms. The van der Waals surface area contributed by atoms with E-state index in [1.54, 1.807) is 0 Å². The molecule has 5 nitrogen and oxygen atoms in total. The van der Waals surface area contributed by atoms with Crippen LogP contribution in [0.2, 0.25) is 0 Å². The molecule has 0 fully saturated rings. The van der Waals surface area contributed by atoms with Gasteiger partial charge in [0.1, 0.15) is 0 Å². The molecule has 1 heterocycles. The lowest BCUT2D eigenvalue weighted by atomic mass is 10.0. The maximum absolute atomic E-state index is 4.05. The summed E-state index contributed by atoms with van der Waals surface area (Å²) in [7, 11) is 1.89. The lowest BCUT2D eigenvalue weighted by Gasteiger charge is -2.07. The second-order valence-electron chi connectivity index (χ2n) is 4.42. The summed E-state index contributed by atoms with van der Waals surface area (Å²) < 4.78 is 1.83. The number of rotatable bonds is 4. The molecule has 0 aliphatic carbocycles. The Labute approximate surface area is 111 Å². The summed E-state index contributed by atoms with van der Waals surface area (Å²) in [4.78, 5) is 0. The molecule has 96 valence electrons. The van der Waals surface area contributed by atoms with Crippen molar-refractivity contribution in [1.82, 2.24) is 25.5 Å². The van der Waals surface area contributed by atoms with Gasteiger partial charge in [0.05, 0.1) is 13.1 Å². The topological polar surface area (TPSA) is 55.6 Å². The first kappa shape index (κ1) is 11.8. The van der Waals surface area contributed by atoms with Gasteiger partial charge in [0.15, 0.2) is 5.82 Å². The van der Waals surface area contributed by atoms with E-state index in [1.807, 2.05) is 11.7 Å². The summed E-state index contributed by atoms with van der Waals surface area (Å²) in [6, 6.07) is 14.7. The van der Waals surface area contributed by atoms with Crippen LogP contribution in [0.4, 0.5) is 0 Å². The minimum Gasteiger partial charge on any atom is -0.313 e. The Hall–Kier alpha value is -2.27. The second-order valence-corrected chi connectivity index (χ2v) is 4.42. The summed E-state index contributed by atoms with van der Waals surface area (Å²) >= 11 is 0. The number of hydrogen-bond acceptors (Lipinski definition) is 4. The van der Waals surface area contributed by atoms with E-state index in [2.05, 4.69) is 63.3 Å². The zero-order valence-electron chi connectivity index (χ0n) is 10.7.